The average Bonchev–Trinajstić information content (AvgIpc) is 3.47. The quantitative estimate of drug-likeness (QED) is 0.389. The van der Waals surface area contributed by atoms with E-state index in [0.717, 1.165) is 5.01 Å². The molecule has 3 aromatic rings. The number of methoxy groups -OCH3 is 1. The SMILES string of the molecule is COc1cc(/C=C2/C(=O)N(c3nn[nH]n3)N=C2C)ccc1OC(=O)c1cccs1. The Morgan fingerprint density at radius 2 is 2.14 bits per heavy atom. The van der Waals surface area contributed by atoms with Crippen molar-refractivity contribution in [2.75, 3.05) is 12.1 Å². The van der Waals surface area contributed by atoms with Crippen LogP contribution in [0.3, 0.4) is 0 Å². The van der Waals surface area contributed by atoms with Gasteiger partial charge >= 0.3 is 5.97 Å². The van der Waals surface area contributed by atoms with Crippen molar-refractivity contribution in [1.29, 1.82) is 0 Å². The third kappa shape index (κ3) is 3.62. The first kappa shape index (κ1) is 18.5. The van der Waals surface area contributed by atoms with Crippen LogP contribution in [-0.2, 0) is 4.79 Å². The Kier molecular flexibility index (Phi) is 4.87. The molecule has 0 fully saturated rings. The Hall–Kier alpha value is -3.86. The molecule has 0 aliphatic carbocycles. The zero-order chi connectivity index (χ0) is 20.4. The number of esters is 1. The maximum Gasteiger partial charge on any atom is 0.353 e. The zero-order valence-electron chi connectivity index (χ0n) is 15.3. The molecule has 10 nitrogen and oxygen atoms in total. The number of aromatic nitrogens is 4. The number of thiophene rings is 1. The lowest BCUT2D eigenvalue weighted by atomic mass is 10.1. The van der Waals surface area contributed by atoms with Gasteiger partial charge in [-0.25, -0.2) is 4.79 Å². The molecular formula is C18H14N6O4S. The lowest BCUT2D eigenvalue weighted by Gasteiger charge is -2.10. The first-order chi connectivity index (χ1) is 14.1. The number of anilines is 1. The van der Waals surface area contributed by atoms with E-state index in [0.29, 0.717) is 27.5 Å². The first-order valence-corrected chi connectivity index (χ1v) is 9.23. The first-order valence-electron chi connectivity index (χ1n) is 8.35. The molecule has 0 saturated carbocycles. The van der Waals surface area contributed by atoms with Crippen molar-refractivity contribution in [3.8, 4) is 11.5 Å². The van der Waals surface area contributed by atoms with Crippen LogP contribution in [0.5, 0.6) is 11.5 Å². The third-order valence-electron chi connectivity index (χ3n) is 4.01. The van der Waals surface area contributed by atoms with E-state index in [1.807, 2.05) is 0 Å². The van der Waals surface area contributed by atoms with Gasteiger partial charge in [0.15, 0.2) is 11.5 Å². The standard InChI is InChI=1S/C18H14N6O4S/c1-10-12(16(25)24(21-10)18-19-22-23-20-18)8-11-5-6-13(14(9-11)27-2)28-17(26)15-4-3-7-29-15/h3-9H,1-2H3,(H,19,20,22,23)/b12-8+. The molecule has 0 atom stereocenters. The van der Waals surface area contributed by atoms with Gasteiger partial charge in [-0.3, -0.25) is 4.79 Å². The molecule has 1 aromatic carbocycles. The third-order valence-corrected chi connectivity index (χ3v) is 4.86. The predicted molar refractivity (Wildman–Crippen MR) is 105 cm³/mol. The summed E-state index contributed by atoms with van der Waals surface area (Å²) in [6.45, 7) is 1.71. The highest BCUT2D eigenvalue weighted by atomic mass is 32.1. The summed E-state index contributed by atoms with van der Waals surface area (Å²) in [4.78, 5) is 25.3. The van der Waals surface area contributed by atoms with E-state index in [1.54, 1.807) is 48.7 Å². The fraction of sp³-hybridized carbons (Fsp3) is 0.111. The lowest BCUT2D eigenvalue weighted by Crippen LogP contribution is -2.22. The van der Waals surface area contributed by atoms with E-state index in [9.17, 15) is 9.59 Å². The molecule has 4 rings (SSSR count). The number of benzene rings is 1. The molecule has 1 aliphatic heterocycles. The second-order valence-corrected chi connectivity index (χ2v) is 6.80. The maximum absolute atomic E-state index is 12.6. The molecule has 29 heavy (non-hydrogen) atoms. The number of amides is 1. The van der Waals surface area contributed by atoms with Crippen molar-refractivity contribution in [3.05, 3.63) is 51.7 Å². The van der Waals surface area contributed by atoms with Crippen molar-refractivity contribution in [3.63, 3.8) is 0 Å². The summed E-state index contributed by atoms with van der Waals surface area (Å²) in [5, 5.41) is 20.3. The van der Waals surface area contributed by atoms with Crippen LogP contribution in [0.4, 0.5) is 5.95 Å². The summed E-state index contributed by atoms with van der Waals surface area (Å²) in [5.41, 5.74) is 1.55. The van der Waals surface area contributed by atoms with E-state index in [1.165, 1.54) is 18.4 Å². The minimum Gasteiger partial charge on any atom is -0.493 e. The Morgan fingerprint density at radius 1 is 1.28 bits per heavy atom. The summed E-state index contributed by atoms with van der Waals surface area (Å²) in [7, 11) is 1.47. The molecule has 0 radical (unpaired) electrons. The number of hydrogen-bond donors (Lipinski definition) is 1. The Morgan fingerprint density at radius 3 is 2.83 bits per heavy atom. The van der Waals surface area contributed by atoms with Crippen molar-refractivity contribution >= 4 is 40.9 Å². The van der Waals surface area contributed by atoms with Gasteiger partial charge in [-0.2, -0.15) is 15.3 Å². The molecule has 2 aromatic heterocycles. The monoisotopic (exact) mass is 410 g/mol. The van der Waals surface area contributed by atoms with Crippen molar-refractivity contribution < 1.29 is 19.1 Å². The lowest BCUT2D eigenvalue weighted by molar-refractivity contribution is -0.114. The summed E-state index contributed by atoms with van der Waals surface area (Å²) >= 11 is 1.29. The van der Waals surface area contributed by atoms with Gasteiger partial charge in [0.05, 0.1) is 18.4 Å². The number of carbonyl (C=O) groups excluding carboxylic acids is 2. The van der Waals surface area contributed by atoms with Crippen LogP contribution in [0.1, 0.15) is 22.2 Å². The number of hydrazone groups is 1. The van der Waals surface area contributed by atoms with Gasteiger partial charge in [-0.05, 0) is 47.4 Å². The number of H-pyrrole nitrogens is 1. The number of carbonyl (C=O) groups is 2. The molecule has 0 bridgehead atoms. The number of nitrogens with zero attached hydrogens (tertiary/aromatic N) is 5. The van der Waals surface area contributed by atoms with Gasteiger partial charge in [-0.15, -0.1) is 16.4 Å². The number of hydrogen-bond acceptors (Lipinski definition) is 9. The number of tetrazole rings is 1. The van der Waals surface area contributed by atoms with Gasteiger partial charge < -0.3 is 9.47 Å². The summed E-state index contributed by atoms with van der Waals surface area (Å²) in [5.74, 6) is -0.139. The van der Waals surface area contributed by atoms with Crippen LogP contribution in [0.2, 0.25) is 0 Å². The Balaban J connectivity index is 1.59. The van der Waals surface area contributed by atoms with Crippen LogP contribution >= 0.6 is 11.3 Å². The van der Waals surface area contributed by atoms with Crippen LogP contribution < -0.4 is 14.5 Å². The number of aromatic amines is 1. The molecule has 3 heterocycles. The molecule has 1 N–H and O–H groups in total. The Bertz CT molecular complexity index is 1120. The largest absolute Gasteiger partial charge is 0.493 e. The van der Waals surface area contributed by atoms with Gasteiger partial charge in [0, 0.05) is 0 Å². The van der Waals surface area contributed by atoms with E-state index in [-0.39, 0.29) is 17.6 Å². The molecule has 11 heteroatoms. The minimum atomic E-state index is -0.464. The highest BCUT2D eigenvalue weighted by molar-refractivity contribution is 7.12. The highest BCUT2D eigenvalue weighted by Crippen LogP contribution is 2.31. The molecule has 0 spiro atoms. The second kappa shape index (κ2) is 7.64. The van der Waals surface area contributed by atoms with E-state index in [4.69, 9.17) is 9.47 Å². The molecule has 146 valence electrons. The van der Waals surface area contributed by atoms with E-state index in [2.05, 4.69) is 25.7 Å². The van der Waals surface area contributed by atoms with Crippen LogP contribution in [0.15, 0.2) is 46.4 Å². The summed E-state index contributed by atoms with van der Waals surface area (Å²) in [6.07, 6.45) is 1.66. The number of nitrogens with one attached hydrogen (secondary N) is 1. The highest BCUT2D eigenvalue weighted by Gasteiger charge is 2.31. The summed E-state index contributed by atoms with van der Waals surface area (Å²) < 4.78 is 10.8. The smallest absolute Gasteiger partial charge is 0.353 e. The van der Waals surface area contributed by atoms with Crippen LogP contribution in [0, 0.1) is 0 Å². The van der Waals surface area contributed by atoms with Crippen molar-refractivity contribution in [2.45, 2.75) is 6.92 Å². The molecule has 1 aliphatic rings. The fourth-order valence-corrected chi connectivity index (χ4v) is 3.23. The predicted octanol–water partition coefficient (Wildman–Crippen LogP) is 2.30. The molecule has 0 saturated heterocycles. The maximum atomic E-state index is 12.6. The topological polar surface area (TPSA) is 123 Å². The van der Waals surface area contributed by atoms with Gasteiger partial charge in [-0.1, -0.05) is 17.2 Å². The number of rotatable bonds is 5. The molecular weight excluding hydrogens is 396 g/mol. The average molecular weight is 410 g/mol. The van der Waals surface area contributed by atoms with Crippen LogP contribution in [0.25, 0.3) is 6.08 Å². The minimum absolute atomic E-state index is 0.0613. The normalized spacial score (nSPS) is 15.0. The van der Waals surface area contributed by atoms with Crippen LogP contribution in [-0.4, -0.2) is 45.3 Å². The Labute approximate surface area is 168 Å². The fourth-order valence-electron chi connectivity index (χ4n) is 2.64. The molecule has 1 amide bonds. The summed E-state index contributed by atoms with van der Waals surface area (Å²) in [6, 6.07) is 8.45. The molecule has 0 unspecified atom stereocenters. The van der Waals surface area contributed by atoms with Gasteiger partial charge in [0.25, 0.3) is 11.9 Å². The van der Waals surface area contributed by atoms with Gasteiger partial charge in [0.1, 0.15) is 4.88 Å². The van der Waals surface area contributed by atoms with Crippen molar-refractivity contribution in [1.82, 2.24) is 20.6 Å². The second-order valence-electron chi connectivity index (χ2n) is 5.85. The zero-order valence-corrected chi connectivity index (χ0v) is 16.1. The van der Waals surface area contributed by atoms with E-state index >= 15 is 0 Å². The van der Waals surface area contributed by atoms with Crippen molar-refractivity contribution in [2.24, 2.45) is 5.10 Å². The van der Waals surface area contributed by atoms with Gasteiger partial charge in [0.2, 0.25) is 0 Å². The van der Waals surface area contributed by atoms with E-state index < -0.39 is 5.97 Å². The number of ether oxygens (including phenoxy) is 2.